The molecule has 0 aromatic heterocycles. The molecule has 0 saturated carbocycles. The predicted molar refractivity (Wildman–Crippen MR) is 133 cm³/mol. The zero-order valence-electron chi connectivity index (χ0n) is 20.2. The molecule has 2 N–H and O–H groups in total. The van der Waals surface area contributed by atoms with Gasteiger partial charge in [0.15, 0.2) is 11.5 Å². The highest BCUT2D eigenvalue weighted by Crippen LogP contribution is 2.33. The number of carbonyl (C=O) groups excluding carboxylic acids is 1. The molecule has 2 atom stereocenters. The first kappa shape index (κ1) is 27.4. The summed E-state index contributed by atoms with van der Waals surface area (Å²) >= 11 is 6.03. The van der Waals surface area contributed by atoms with Crippen LogP contribution in [0.25, 0.3) is 0 Å². The first-order valence-corrected chi connectivity index (χ1v) is 11.6. The Morgan fingerprint density at radius 1 is 0.917 bits per heavy atom. The van der Waals surface area contributed by atoms with Crippen LogP contribution in [0.5, 0.6) is 11.5 Å². The number of halogens is 4. The summed E-state index contributed by atoms with van der Waals surface area (Å²) in [5.41, 5.74) is 1.61. The Labute approximate surface area is 213 Å². The lowest BCUT2D eigenvalue weighted by Gasteiger charge is -2.26. The molecule has 0 aliphatic carbocycles. The van der Waals surface area contributed by atoms with Gasteiger partial charge in [-0.15, -0.1) is 0 Å². The Bertz CT molecular complexity index is 1150. The summed E-state index contributed by atoms with van der Waals surface area (Å²) in [5.74, 6) is 0.847. The van der Waals surface area contributed by atoms with Gasteiger partial charge in [0.1, 0.15) is 6.04 Å². The number of methoxy groups -OCH3 is 2. The molecular formula is C27H28ClF3N2O3. The molecule has 192 valence electrons. The smallest absolute Gasteiger partial charge is 0.416 e. The molecule has 5 nitrogen and oxygen atoms in total. The number of alkyl halides is 3. The Morgan fingerprint density at radius 3 is 2.08 bits per heavy atom. The molecule has 0 radical (unpaired) electrons. The van der Waals surface area contributed by atoms with Crippen LogP contribution in [0, 0.1) is 0 Å². The molecule has 3 aromatic rings. The lowest BCUT2D eigenvalue weighted by molar-refractivity contribution is -0.137. The van der Waals surface area contributed by atoms with Gasteiger partial charge >= 0.3 is 6.18 Å². The van der Waals surface area contributed by atoms with E-state index < -0.39 is 17.8 Å². The molecule has 0 aliphatic heterocycles. The Kier molecular flexibility index (Phi) is 9.23. The van der Waals surface area contributed by atoms with Crippen LogP contribution in [-0.2, 0) is 17.4 Å². The Morgan fingerprint density at radius 2 is 1.53 bits per heavy atom. The van der Waals surface area contributed by atoms with Gasteiger partial charge < -0.3 is 14.8 Å². The number of rotatable bonds is 10. The molecule has 36 heavy (non-hydrogen) atoms. The molecule has 0 spiro atoms. The van der Waals surface area contributed by atoms with E-state index in [2.05, 4.69) is 10.6 Å². The van der Waals surface area contributed by atoms with Crippen molar-refractivity contribution in [1.82, 2.24) is 10.6 Å². The number of amides is 1. The van der Waals surface area contributed by atoms with Crippen molar-refractivity contribution in [2.75, 3.05) is 21.3 Å². The number of carbonyl (C=O) groups is 1. The van der Waals surface area contributed by atoms with Crippen LogP contribution in [0.3, 0.4) is 0 Å². The van der Waals surface area contributed by atoms with E-state index in [1.807, 2.05) is 12.1 Å². The first-order chi connectivity index (χ1) is 17.2. The third kappa shape index (κ3) is 6.92. The number of hydrogen-bond donors (Lipinski definition) is 2. The average Bonchev–Trinajstić information content (AvgIpc) is 2.88. The molecule has 3 aromatic carbocycles. The molecular weight excluding hydrogens is 493 g/mol. The van der Waals surface area contributed by atoms with E-state index in [0.717, 1.165) is 28.8 Å². The number of aryl methyl sites for hydroxylation is 1. The molecule has 0 aliphatic rings. The van der Waals surface area contributed by atoms with E-state index in [9.17, 15) is 18.0 Å². The zero-order chi connectivity index (χ0) is 26.3. The monoisotopic (exact) mass is 520 g/mol. The first-order valence-electron chi connectivity index (χ1n) is 11.3. The zero-order valence-corrected chi connectivity index (χ0v) is 20.9. The van der Waals surface area contributed by atoms with Gasteiger partial charge in [-0.1, -0.05) is 41.9 Å². The number of benzene rings is 3. The summed E-state index contributed by atoms with van der Waals surface area (Å²) in [7, 11) is 4.63. The highest BCUT2D eigenvalue weighted by atomic mass is 35.5. The van der Waals surface area contributed by atoms with Crippen molar-refractivity contribution in [3.05, 3.63) is 94.0 Å². The van der Waals surface area contributed by atoms with Gasteiger partial charge in [-0.05, 0) is 65.9 Å². The second-order valence-electron chi connectivity index (χ2n) is 8.17. The molecule has 0 heterocycles. The molecule has 0 fully saturated rings. The molecule has 3 rings (SSSR count). The predicted octanol–water partition coefficient (Wildman–Crippen LogP) is 6.13. The molecule has 9 heteroatoms. The highest BCUT2D eigenvalue weighted by Gasteiger charge is 2.30. The third-order valence-corrected chi connectivity index (χ3v) is 6.14. The number of hydrogen-bond acceptors (Lipinski definition) is 4. The fourth-order valence-electron chi connectivity index (χ4n) is 3.91. The van der Waals surface area contributed by atoms with Crippen LogP contribution >= 0.6 is 11.6 Å². The van der Waals surface area contributed by atoms with E-state index in [4.69, 9.17) is 21.1 Å². The van der Waals surface area contributed by atoms with Crippen LogP contribution in [0.1, 0.15) is 40.8 Å². The van der Waals surface area contributed by atoms with Crippen LogP contribution < -0.4 is 20.1 Å². The van der Waals surface area contributed by atoms with E-state index >= 15 is 0 Å². The molecule has 0 saturated heterocycles. The summed E-state index contributed by atoms with van der Waals surface area (Å²) < 4.78 is 49.6. The molecule has 1 amide bonds. The maximum Gasteiger partial charge on any atom is 0.416 e. The van der Waals surface area contributed by atoms with E-state index in [0.29, 0.717) is 29.4 Å². The van der Waals surface area contributed by atoms with Gasteiger partial charge in [0.05, 0.1) is 19.8 Å². The second-order valence-corrected chi connectivity index (χ2v) is 8.60. The topological polar surface area (TPSA) is 59.6 Å². The minimum absolute atomic E-state index is 0.239. The largest absolute Gasteiger partial charge is 0.493 e. The van der Waals surface area contributed by atoms with Crippen molar-refractivity contribution in [2.45, 2.75) is 31.1 Å². The molecule has 1 unspecified atom stereocenters. The van der Waals surface area contributed by atoms with E-state index in [1.54, 1.807) is 44.5 Å². The van der Waals surface area contributed by atoms with Gasteiger partial charge in [-0.2, -0.15) is 13.2 Å². The summed E-state index contributed by atoms with van der Waals surface area (Å²) in [5, 5.41) is 6.65. The van der Waals surface area contributed by atoms with Crippen LogP contribution in [-0.4, -0.2) is 27.2 Å². The van der Waals surface area contributed by atoms with Crippen molar-refractivity contribution < 1.29 is 27.4 Å². The number of likely N-dealkylation sites (N-methyl/N-ethyl adjacent to an activating group) is 1. The SMILES string of the molecule is CNC(=O)C(N[C@@H](CCc1ccc(C(F)(F)F)cc1)c1ccc(OC)c(OC)c1)c1ccc(Cl)cc1. The summed E-state index contributed by atoms with van der Waals surface area (Å²) in [4.78, 5) is 12.8. The number of ether oxygens (including phenoxy) is 2. The van der Waals surface area contributed by atoms with Crippen LogP contribution in [0.4, 0.5) is 13.2 Å². The van der Waals surface area contributed by atoms with Crippen molar-refractivity contribution in [2.24, 2.45) is 0 Å². The van der Waals surface area contributed by atoms with Gasteiger partial charge in [0.2, 0.25) is 5.91 Å². The fourth-order valence-corrected chi connectivity index (χ4v) is 4.04. The summed E-state index contributed by atoms with van der Waals surface area (Å²) in [6.45, 7) is 0. The van der Waals surface area contributed by atoms with Gasteiger partial charge in [-0.25, -0.2) is 0 Å². The number of nitrogens with one attached hydrogen (secondary N) is 2. The minimum Gasteiger partial charge on any atom is -0.493 e. The summed E-state index contributed by atoms with van der Waals surface area (Å²) in [6.07, 6.45) is -3.41. The quantitative estimate of drug-likeness (QED) is 0.338. The standard InChI is InChI=1S/C27H28ClF3N2O3/c1-32-26(34)25(18-7-12-21(28)13-8-18)33-22(19-9-15-23(35-2)24(16-19)36-3)14-6-17-4-10-20(11-5-17)27(29,30)31/h4-5,7-13,15-16,22,25,33H,6,14H2,1-3H3,(H,32,34)/t22-,25?/m0/s1. The lowest BCUT2D eigenvalue weighted by atomic mass is 9.95. The van der Waals surface area contributed by atoms with Gasteiger partial charge in [-0.3, -0.25) is 10.1 Å². The maximum atomic E-state index is 12.9. The van der Waals surface area contributed by atoms with E-state index in [-0.39, 0.29) is 11.9 Å². The highest BCUT2D eigenvalue weighted by molar-refractivity contribution is 6.30. The molecule has 0 bridgehead atoms. The van der Waals surface area contributed by atoms with Gasteiger partial charge in [0, 0.05) is 18.1 Å². The Hall–Kier alpha value is -3.23. The van der Waals surface area contributed by atoms with Crippen molar-refractivity contribution >= 4 is 17.5 Å². The summed E-state index contributed by atoms with van der Waals surface area (Å²) in [6, 6.07) is 16.5. The van der Waals surface area contributed by atoms with Crippen molar-refractivity contribution in [3.8, 4) is 11.5 Å². The van der Waals surface area contributed by atoms with E-state index in [1.165, 1.54) is 19.2 Å². The third-order valence-electron chi connectivity index (χ3n) is 5.89. The van der Waals surface area contributed by atoms with Crippen molar-refractivity contribution in [3.63, 3.8) is 0 Å². The normalized spacial score (nSPS) is 13.1. The minimum atomic E-state index is -4.39. The second kappa shape index (κ2) is 12.1. The lowest BCUT2D eigenvalue weighted by Crippen LogP contribution is -2.38. The fraction of sp³-hybridized carbons (Fsp3) is 0.296. The average molecular weight is 521 g/mol. The van der Waals surface area contributed by atoms with Crippen LogP contribution in [0.2, 0.25) is 5.02 Å². The Balaban J connectivity index is 1.93. The van der Waals surface area contributed by atoms with Crippen LogP contribution in [0.15, 0.2) is 66.7 Å². The van der Waals surface area contributed by atoms with Gasteiger partial charge in [0.25, 0.3) is 0 Å². The maximum absolute atomic E-state index is 12.9. The van der Waals surface area contributed by atoms with Crippen molar-refractivity contribution in [1.29, 1.82) is 0 Å².